The predicted molar refractivity (Wildman–Crippen MR) is 88.8 cm³/mol. The molecule has 1 heterocycles. The van der Waals surface area contributed by atoms with Crippen LogP contribution in [0.1, 0.15) is 62.0 Å². The standard InChI is InChI=1S/C15H26N4OS/c1-3-9-17-15-19-13(16)12(21-15)14(20)18-11-8-6-5-7-10(11)4-2/h10-11H,3-9,16H2,1-2H3,(H,17,19)(H,18,20). The van der Waals surface area contributed by atoms with Gasteiger partial charge in [0.15, 0.2) is 5.13 Å². The Morgan fingerprint density at radius 1 is 1.38 bits per heavy atom. The van der Waals surface area contributed by atoms with Crippen LogP contribution in [-0.4, -0.2) is 23.5 Å². The van der Waals surface area contributed by atoms with Gasteiger partial charge in [0.2, 0.25) is 0 Å². The fraction of sp³-hybridized carbons (Fsp3) is 0.733. The number of nitrogens with two attached hydrogens (primary N) is 1. The molecular weight excluding hydrogens is 284 g/mol. The molecule has 0 radical (unpaired) electrons. The summed E-state index contributed by atoms with van der Waals surface area (Å²) in [5.74, 6) is 0.856. The van der Waals surface area contributed by atoms with Gasteiger partial charge in [0.05, 0.1) is 0 Å². The van der Waals surface area contributed by atoms with Crippen molar-refractivity contribution in [2.24, 2.45) is 5.92 Å². The summed E-state index contributed by atoms with van der Waals surface area (Å²) in [6.07, 6.45) is 6.89. The average Bonchev–Trinajstić information content (AvgIpc) is 2.86. The minimum atomic E-state index is -0.0695. The van der Waals surface area contributed by atoms with Crippen molar-refractivity contribution in [3.05, 3.63) is 4.88 Å². The number of carbonyl (C=O) groups excluding carboxylic acids is 1. The molecule has 2 rings (SSSR count). The molecule has 1 aliphatic carbocycles. The smallest absolute Gasteiger partial charge is 0.265 e. The lowest BCUT2D eigenvalue weighted by atomic mass is 9.83. The molecule has 1 amide bonds. The molecule has 1 aromatic heterocycles. The first kappa shape index (κ1) is 16.1. The van der Waals surface area contributed by atoms with Crippen molar-refractivity contribution in [2.45, 2.75) is 58.4 Å². The van der Waals surface area contributed by atoms with E-state index in [-0.39, 0.29) is 11.9 Å². The van der Waals surface area contributed by atoms with E-state index < -0.39 is 0 Å². The molecule has 21 heavy (non-hydrogen) atoms. The summed E-state index contributed by atoms with van der Waals surface area (Å²) in [5, 5.41) is 7.08. The highest BCUT2D eigenvalue weighted by Gasteiger charge is 2.27. The van der Waals surface area contributed by atoms with Gasteiger partial charge >= 0.3 is 0 Å². The van der Waals surface area contributed by atoms with E-state index >= 15 is 0 Å². The number of nitrogen functional groups attached to an aromatic ring is 1. The van der Waals surface area contributed by atoms with Crippen LogP contribution in [0.25, 0.3) is 0 Å². The monoisotopic (exact) mass is 310 g/mol. The molecule has 5 nitrogen and oxygen atoms in total. The largest absolute Gasteiger partial charge is 0.382 e. The molecule has 0 aromatic carbocycles. The highest BCUT2D eigenvalue weighted by molar-refractivity contribution is 7.18. The van der Waals surface area contributed by atoms with Crippen molar-refractivity contribution < 1.29 is 4.79 Å². The van der Waals surface area contributed by atoms with Crippen LogP contribution in [0.2, 0.25) is 0 Å². The number of aromatic nitrogens is 1. The summed E-state index contributed by atoms with van der Waals surface area (Å²) in [6.45, 7) is 5.13. The fourth-order valence-electron chi connectivity index (χ4n) is 2.92. The Labute approximate surface area is 130 Å². The fourth-order valence-corrected chi connectivity index (χ4v) is 3.74. The van der Waals surface area contributed by atoms with Gasteiger partial charge < -0.3 is 16.4 Å². The maximum atomic E-state index is 12.4. The third kappa shape index (κ3) is 4.09. The second kappa shape index (κ2) is 7.64. The van der Waals surface area contributed by atoms with Gasteiger partial charge in [0, 0.05) is 12.6 Å². The Kier molecular flexibility index (Phi) is 5.85. The molecule has 1 aromatic rings. The van der Waals surface area contributed by atoms with E-state index in [1.54, 1.807) is 0 Å². The van der Waals surface area contributed by atoms with Crippen LogP contribution >= 0.6 is 11.3 Å². The van der Waals surface area contributed by atoms with Crippen LogP contribution in [0.5, 0.6) is 0 Å². The molecule has 118 valence electrons. The van der Waals surface area contributed by atoms with Gasteiger partial charge in [-0.25, -0.2) is 4.98 Å². The SMILES string of the molecule is CCCNc1nc(N)c(C(=O)NC2CCCCC2CC)s1. The molecule has 0 saturated heterocycles. The number of hydrogen-bond acceptors (Lipinski definition) is 5. The molecule has 0 aliphatic heterocycles. The predicted octanol–water partition coefficient (Wildman–Crippen LogP) is 3.25. The first-order valence-electron chi connectivity index (χ1n) is 7.96. The summed E-state index contributed by atoms with van der Waals surface area (Å²) in [5.41, 5.74) is 5.88. The van der Waals surface area contributed by atoms with E-state index in [0.717, 1.165) is 30.9 Å². The second-order valence-corrected chi connectivity index (χ2v) is 6.69. The van der Waals surface area contributed by atoms with Crippen molar-refractivity contribution in [3.8, 4) is 0 Å². The van der Waals surface area contributed by atoms with Crippen LogP contribution < -0.4 is 16.4 Å². The van der Waals surface area contributed by atoms with E-state index in [0.29, 0.717) is 16.6 Å². The van der Waals surface area contributed by atoms with E-state index in [2.05, 4.69) is 29.5 Å². The van der Waals surface area contributed by atoms with Crippen molar-refractivity contribution in [1.82, 2.24) is 10.3 Å². The molecule has 1 fully saturated rings. The van der Waals surface area contributed by atoms with E-state index in [4.69, 9.17) is 5.73 Å². The van der Waals surface area contributed by atoms with Crippen molar-refractivity contribution in [2.75, 3.05) is 17.6 Å². The quantitative estimate of drug-likeness (QED) is 0.753. The zero-order chi connectivity index (χ0) is 15.2. The van der Waals surface area contributed by atoms with Gasteiger partial charge in [0.1, 0.15) is 10.7 Å². The number of rotatable bonds is 6. The Bertz CT molecular complexity index is 474. The molecule has 2 unspecified atom stereocenters. The molecule has 0 bridgehead atoms. The molecule has 2 atom stereocenters. The number of anilines is 2. The highest BCUT2D eigenvalue weighted by atomic mass is 32.1. The summed E-state index contributed by atoms with van der Waals surface area (Å²) >= 11 is 1.35. The number of hydrogen-bond donors (Lipinski definition) is 3. The topological polar surface area (TPSA) is 80.0 Å². The number of thiazole rings is 1. The zero-order valence-corrected chi connectivity index (χ0v) is 13.8. The van der Waals surface area contributed by atoms with Crippen molar-refractivity contribution in [3.63, 3.8) is 0 Å². The van der Waals surface area contributed by atoms with Crippen LogP contribution in [0, 0.1) is 5.92 Å². The first-order chi connectivity index (χ1) is 10.2. The molecule has 6 heteroatoms. The van der Waals surface area contributed by atoms with E-state index in [1.807, 2.05) is 0 Å². The first-order valence-corrected chi connectivity index (χ1v) is 8.78. The van der Waals surface area contributed by atoms with Gasteiger partial charge in [-0.15, -0.1) is 0 Å². The minimum absolute atomic E-state index is 0.0695. The molecular formula is C15H26N4OS. The van der Waals surface area contributed by atoms with Crippen LogP contribution in [-0.2, 0) is 0 Å². The van der Waals surface area contributed by atoms with Gasteiger partial charge in [-0.3, -0.25) is 4.79 Å². The van der Waals surface area contributed by atoms with Gasteiger partial charge in [0.25, 0.3) is 5.91 Å². The second-order valence-electron chi connectivity index (χ2n) is 5.69. The maximum absolute atomic E-state index is 12.4. The molecule has 1 saturated carbocycles. The Hall–Kier alpha value is -1.30. The number of amides is 1. The lowest BCUT2D eigenvalue weighted by Crippen LogP contribution is -2.41. The van der Waals surface area contributed by atoms with Gasteiger partial charge in [-0.05, 0) is 25.2 Å². The third-order valence-corrected chi connectivity index (χ3v) is 5.16. The molecule has 4 N–H and O–H groups in total. The minimum Gasteiger partial charge on any atom is -0.382 e. The normalized spacial score (nSPS) is 22.0. The van der Waals surface area contributed by atoms with E-state index in [1.165, 1.54) is 30.6 Å². The Morgan fingerprint density at radius 2 is 2.14 bits per heavy atom. The van der Waals surface area contributed by atoms with Crippen molar-refractivity contribution >= 4 is 28.2 Å². The van der Waals surface area contributed by atoms with Gasteiger partial charge in [-0.1, -0.05) is 44.4 Å². The van der Waals surface area contributed by atoms with Crippen LogP contribution in [0.15, 0.2) is 0 Å². The van der Waals surface area contributed by atoms with Crippen LogP contribution in [0.4, 0.5) is 10.9 Å². The maximum Gasteiger partial charge on any atom is 0.265 e. The van der Waals surface area contributed by atoms with Crippen molar-refractivity contribution in [1.29, 1.82) is 0 Å². The lowest BCUT2D eigenvalue weighted by molar-refractivity contribution is 0.0909. The molecule has 0 spiro atoms. The summed E-state index contributed by atoms with van der Waals surface area (Å²) in [6, 6.07) is 0.282. The summed E-state index contributed by atoms with van der Waals surface area (Å²) < 4.78 is 0. The Morgan fingerprint density at radius 3 is 2.86 bits per heavy atom. The number of carbonyl (C=O) groups is 1. The summed E-state index contributed by atoms with van der Waals surface area (Å²) in [4.78, 5) is 17.2. The lowest BCUT2D eigenvalue weighted by Gasteiger charge is -2.31. The number of nitrogens with zero attached hydrogens (tertiary/aromatic N) is 1. The Balaban J connectivity index is 2.00. The molecule has 1 aliphatic rings. The van der Waals surface area contributed by atoms with E-state index in [9.17, 15) is 4.79 Å². The average molecular weight is 310 g/mol. The van der Waals surface area contributed by atoms with Crippen LogP contribution in [0.3, 0.4) is 0 Å². The zero-order valence-electron chi connectivity index (χ0n) is 12.9. The van der Waals surface area contributed by atoms with Gasteiger partial charge in [-0.2, -0.15) is 0 Å². The summed E-state index contributed by atoms with van der Waals surface area (Å²) in [7, 11) is 0. The highest BCUT2D eigenvalue weighted by Crippen LogP contribution is 2.29. The number of nitrogens with one attached hydrogen (secondary N) is 2. The third-order valence-electron chi connectivity index (χ3n) is 4.14.